The van der Waals surface area contributed by atoms with Crippen molar-refractivity contribution in [2.75, 3.05) is 5.73 Å². The Morgan fingerprint density at radius 1 is 0.950 bits per heavy atom. The summed E-state index contributed by atoms with van der Waals surface area (Å²) in [7, 11) is 0. The van der Waals surface area contributed by atoms with E-state index in [0.29, 0.717) is 5.69 Å². The van der Waals surface area contributed by atoms with Crippen LogP contribution in [0.5, 0.6) is 0 Å². The average Bonchev–Trinajstić information content (AvgIpc) is 2.91. The lowest BCUT2D eigenvalue weighted by Crippen LogP contribution is -1.94. The number of benzene rings is 2. The predicted octanol–water partition coefficient (Wildman–Crippen LogP) is 2.53. The number of hydrogen-bond acceptors (Lipinski definition) is 4. The van der Waals surface area contributed by atoms with Crippen LogP contribution in [0.3, 0.4) is 0 Å². The third kappa shape index (κ3) is 1.53. The second-order valence-electron chi connectivity index (χ2n) is 4.59. The Morgan fingerprint density at radius 2 is 1.85 bits per heavy atom. The Kier molecular flexibility index (Phi) is 2.20. The summed E-state index contributed by atoms with van der Waals surface area (Å²) in [6, 6.07) is 15.6. The summed E-state index contributed by atoms with van der Waals surface area (Å²) in [6.45, 7) is 0. The molecule has 2 aromatic heterocycles. The second-order valence-corrected chi connectivity index (χ2v) is 4.59. The number of rotatable bonds is 1. The van der Waals surface area contributed by atoms with Crippen LogP contribution in [-0.4, -0.2) is 19.6 Å². The van der Waals surface area contributed by atoms with Gasteiger partial charge in [0.15, 0.2) is 11.5 Å². The standard InChI is InChI=1S/C15H11N5/c16-11-5-3-4-10(8-11)15-19-18-14-9-17-12-6-1-2-7-13(12)20(14)15/h1-9H,16H2. The Bertz CT molecular complexity index is 926. The molecule has 0 aliphatic rings. The molecule has 20 heavy (non-hydrogen) atoms. The van der Waals surface area contributed by atoms with E-state index >= 15 is 0 Å². The molecule has 5 nitrogen and oxygen atoms in total. The zero-order valence-electron chi connectivity index (χ0n) is 10.6. The average molecular weight is 261 g/mol. The molecular weight excluding hydrogens is 250 g/mol. The van der Waals surface area contributed by atoms with Crippen molar-refractivity contribution in [3.8, 4) is 11.4 Å². The molecule has 0 radical (unpaired) electrons. The number of para-hydroxylation sites is 2. The van der Waals surface area contributed by atoms with Crippen LogP contribution in [0.25, 0.3) is 28.1 Å². The summed E-state index contributed by atoms with van der Waals surface area (Å²) in [4.78, 5) is 4.39. The Hall–Kier alpha value is -2.95. The summed E-state index contributed by atoms with van der Waals surface area (Å²) in [5.41, 5.74) is 10.1. The van der Waals surface area contributed by atoms with Gasteiger partial charge in [0, 0.05) is 11.3 Å². The molecule has 96 valence electrons. The van der Waals surface area contributed by atoms with E-state index in [-0.39, 0.29) is 0 Å². The number of nitrogen functional groups attached to an aromatic ring is 1. The molecule has 2 N–H and O–H groups in total. The fraction of sp³-hybridized carbons (Fsp3) is 0. The largest absolute Gasteiger partial charge is 0.399 e. The molecule has 0 fully saturated rings. The summed E-state index contributed by atoms with van der Waals surface area (Å²) in [5, 5.41) is 8.46. The first-order valence-corrected chi connectivity index (χ1v) is 6.28. The van der Waals surface area contributed by atoms with E-state index in [0.717, 1.165) is 28.1 Å². The molecule has 2 heterocycles. The Morgan fingerprint density at radius 3 is 2.75 bits per heavy atom. The molecule has 0 atom stereocenters. The highest BCUT2D eigenvalue weighted by Gasteiger charge is 2.11. The van der Waals surface area contributed by atoms with Crippen LogP contribution in [0, 0.1) is 0 Å². The molecule has 4 aromatic rings. The predicted molar refractivity (Wildman–Crippen MR) is 78.1 cm³/mol. The maximum Gasteiger partial charge on any atom is 0.180 e. The number of hydrogen-bond donors (Lipinski definition) is 1. The molecule has 0 bridgehead atoms. The van der Waals surface area contributed by atoms with Crippen molar-refractivity contribution < 1.29 is 0 Å². The van der Waals surface area contributed by atoms with Gasteiger partial charge in [0.1, 0.15) is 0 Å². The lowest BCUT2D eigenvalue weighted by Gasteiger charge is -2.04. The molecular formula is C15H11N5. The Labute approximate surface area is 114 Å². The number of fused-ring (bicyclic) bond motifs is 3. The maximum atomic E-state index is 5.85. The third-order valence-corrected chi connectivity index (χ3v) is 3.27. The molecule has 0 aliphatic carbocycles. The number of anilines is 1. The lowest BCUT2D eigenvalue weighted by atomic mass is 10.2. The first-order chi connectivity index (χ1) is 9.83. The molecule has 5 heteroatoms. The molecule has 0 spiro atoms. The molecule has 0 unspecified atom stereocenters. The second kappa shape index (κ2) is 4.03. The molecule has 2 aromatic carbocycles. The van der Waals surface area contributed by atoms with E-state index in [9.17, 15) is 0 Å². The SMILES string of the molecule is Nc1cccc(-c2nnc3cnc4ccccc4n23)c1. The summed E-state index contributed by atoms with van der Waals surface area (Å²) in [5.74, 6) is 0.769. The van der Waals surface area contributed by atoms with Crippen molar-refractivity contribution in [2.24, 2.45) is 0 Å². The zero-order chi connectivity index (χ0) is 13.5. The Balaban J connectivity index is 2.12. The van der Waals surface area contributed by atoms with E-state index in [1.807, 2.05) is 52.9 Å². The van der Waals surface area contributed by atoms with Crippen LogP contribution in [-0.2, 0) is 0 Å². The van der Waals surface area contributed by atoms with E-state index in [1.165, 1.54) is 0 Å². The van der Waals surface area contributed by atoms with Crippen LogP contribution >= 0.6 is 0 Å². The first-order valence-electron chi connectivity index (χ1n) is 6.28. The van der Waals surface area contributed by atoms with Crippen LogP contribution in [0.15, 0.2) is 54.7 Å². The van der Waals surface area contributed by atoms with Crippen LogP contribution in [0.2, 0.25) is 0 Å². The van der Waals surface area contributed by atoms with Gasteiger partial charge in [-0.15, -0.1) is 10.2 Å². The van der Waals surface area contributed by atoms with Gasteiger partial charge in [0.2, 0.25) is 0 Å². The third-order valence-electron chi connectivity index (χ3n) is 3.27. The highest BCUT2D eigenvalue weighted by atomic mass is 15.3. The minimum Gasteiger partial charge on any atom is -0.399 e. The quantitative estimate of drug-likeness (QED) is 0.534. The summed E-state index contributed by atoms with van der Waals surface area (Å²) < 4.78 is 2.00. The molecule has 0 saturated carbocycles. The molecule has 0 amide bonds. The first kappa shape index (κ1) is 10.9. The van der Waals surface area contributed by atoms with Crippen molar-refractivity contribution >= 4 is 22.4 Å². The highest BCUT2D eigenvalue weighted by Crippen LogP contribution is 2.23. The fourth-order valence-corrected chi connectivity index (χ4v) is 2.37. The van der Waals surface area contributed by atoms with Gasteiger partial charge in [-0.25, -0.2) is 0 Å². The van der Waals surface area contributed by atoms with Crippen LogP contribution in [0.4, 0.5) is 5.69 Å². The van der Waals surface area contributed by atoms with Gasteiger partial charge in [-0.05, 0) is 24.3 Å². The van der Waals surface area contributed by atoms with Gasteiger partial charge in [-0.3, -0.25) is 9.38 Å². The maximum absolute atomic E-state index is 5.85. The van der Waals surface area contributed by atoms with E-state index in [2.05, 4.69) is 15.2 Å². The van der Waals surface area contributed by atoms with Gasteiger partial charge < -0.3 is 5.73 Å². The topological polar surface area (TPSA) is 69.1 Å². The lowest BCUT2D eigenvalue weighted by molar-refractivity contribution is 1.12. The monoisotopic (exact) mass is 261 g/mol. The minimum absolute atomic E-state index is 0.706. The zero-order valence-corrected chi connectivity index (χ0v) is 10.6. The normalized spacial score (nSPS) is 11.2. The van der Waals surface area contributed by atoms with E-state index in [4.69, 9.17) is 5.73 Å². The van der Waals surface area contributed by atoms with Gasteiger partial charge in [0.05, 0.1) is 17.2 Å². The van der Waals surface area contributed by atoms with Gasteiger partial charge in [-0.1, -0.05) is 24.3 Å². The van der Waals surface area contributed by atoms with Crippen molar-refractivity contribution in [2.45, 2.75) is 0 Å². The van der Waals surface area contributed by atoms with Crippen molar-refractivity contribution in [1.82, 2.24) is 19.6 Å². The molecule has 4 rings (SSSR count). The van der Waals surface area contributed by atoms with Crippen molar-refractivity contribution in [1.29, 1.82) is 0 Å². The van der Waals surface area contributed by atoms with Crippen LogP contribution < -0.4 is 5.73 Å². The van der Waals surface area contributed by atoms with Crippen LogP contribution in [0.1, 0.15) is 0 Å². The number of nitrogens with two attached hydrogens (primary N) is 1. The van der Waals surface area contributed by atoms with Crippen molar-refractivity contribution in [3.05, 3.63) is 54.7 Å². The van der Waals surface area contributed by atoms with E-state index in [1.54, 1.807) is 6.20 Å². The molecule has 0 aliphatic heterocycles. The summed E-state index contributed by atoms with van der Waals surface area (Å²) in [6.07, 6.45) is 1.73. The molecule has 0 saturated heterocycles. The number of nitrogens with zero attached hydrogens (tertiary/aromatic N) is 4. The fourth-order valence-electron chi connectivity index (χ4n) is 2.37. The van der Waals surface area contributed by atoms with Crippen molar-refractivity contribution in [3.63, 3.8) is 0 Å². The van der Waals surface area contributed by atoms with E-state index < -0.39 is 0 Å². The van der Waals surface area contributed by atoms with Gasteiger partial charge >= 0.3 is 0 Å². The summed E-state index contributed by atoms with van der Waals surface area (Å²) >= 11 is 0. The van der Waals surface area contributed by atoms with Gasteiger partial charge in [-0.2, -0.15) is 0 Å². The van der Waals surface area contributed by atoms with Gasteiger partial charge in [0.25, 0.3) is 0 Å². The number of aromatic nitrogens is 4. The minimum atomic E-state index is 0.706. The smallest absolute Gasteiger partial charge is 0.180 e. The highest BCUT2D eigenvalue weighted by molar-refractivity contribution is 5.80.